The fraction of sp³-hybridized carbons (Fsp3) is 0.273. The maximum atomic E-state index is 2.39. The van der Waals surface area contributed by atoms with E-state index in [1.807, 2.05) is 11.8 Å². The SMILES string of the molecule is CN(C)CCN(C)Cc1ccccc1Sc1cccc2ccccc12.Cl.Cl. The predicted octanol–water partition coefficient (Wildman–Crippen LogP) is 5.83. The maximum Gasteiger partial charge on any atom is 0.0242 e. The monoisotopic (exact) mass is 422 g/mol. The lowest BCUT2D eigenvalue weighted by atomic mass is 10.1. The highest BCUT2D eigenvalue weighted by Crippen LogP contribution is 2.35. The second kappa shape index (κ2) is 11.6. The van der Waals surface area contributed by atoms with E-state index in [9.17, 15) is 0 Å². The molecule has 0 spiro atoms. The average molecular weight is 423 g/mol. The normalized spacial score (nSPS) is 10.7. The topological polar surface area (TPSA) is 6.48 Å². The minimum absolute atomic E-state index is 0. The Morgan fingerprint density at radius 1 is 0.704 bits per heavy atom. The number of fused-ring (bicyclic) bond motifs is 1. The van der Waals surface area contributed by atoms with Gasteiger partial charge in [0.25, 0.3) is 0 Å². The predicted molar refractivity (Wildman–Crippen MR) is 124 cm³/mol. The highest BCUT2D eigenvalue weighted by molar-refractivity contribution is 7.99. The molecule has 0 fully saturated rings. The molecule has 0 heterocycles. The van der Waals surface area contributed by atoms with Gasteiger partial charge in [0.2, 0.25) is 0 Å². The molecule has 0 radical (unpaired) electrons. The first-order chi connectivity index (χ1) is 12.1. The third kappa shape index (κ3) is 6.70. The highest BCUT2D eigenvalue weighted by Gasteiger charge is 2.09. The van der Waals surface area contributed by atoms with E-state index in [0.29, 0.717) is 0 Å². The summed E-state index contributed by atoms with van der Waals surface area (Å²) in [5.74, 6) is 0. The maximum absolute atomic E-state index is 2.39. The van der Waals surface area contributed by atoms with Crippen molar-refractivity contribution in [2.24, 2.45) is 0 Å². The van der Waals surface area contributed by atoms with E-state index in [1.54, 1.807) is 0 Å². The Balaban J connectivity index is 0.00000182. The van der Waals surface area contributed by atoms with Crippen LogP contribution in [0.15, 0.2) is 76.5 Å². The van der Waals surface area contributed by atoms with Gasteiger partial charge in [-0.2, -0.15) is 0 Å². The fourth-order valence-corrected chi connectivity index (χ4v) is 3.97. The van der Waals surface area contributed by atoms with Gasteiger partial charge in [-0.3, -0.25) is 0 Å². The van der Waals surface area contributed by atoms with Gasteiger partial charge in [-0.15, -0.1) is 24.8 Å². The molecule has 27 heavy (non-hydrogen) atoms. The van der Waals surface area contributed by atoms with Crippen LogP contribution in [0.5, 0.6) is 0 Å². The summed E-state index contributed by atoms with van der Waals surface area (Å²) in [6.45, 7) is 3.12. The molecule has 0 aliphatic rings. The van der Waals surface area contributed by atoms with Gasteiger partial charge in [-0.25, -0.2) is 0 Å². The number of hydrogen-bond donors (Lipinski definition) is 0. The zero-order valence-electron chi connectivity index (χ0n) is 16.1. The largest absolute Gasteiger partial charge is 0.308 e. The molecule has 5 heteroatoms. The summed E-state index contributed by atoms with van der Waals surface area (Å²) in [4.78, 5) is 7.28. The molecule has 0 N–H and O–H groups in total. The van der Waals surface area contributed by atoms with Crippen LogP contribution in [0, 0.1) is 0 Å². The third-order valence-electron chi connectivity index (χ3n) is 4.31. The molecule has 0 saturated heterocycles. The first-order valence-corrected chi connectivity index (χ1v) is 9.52. The van der Waals surface area contributed by atoms with Gasteiger partial charge in [-0.05, 0) is 49.6 Å². The van der Waals surface area contributed by atoms with Crippen molar-refractivity contribution in [2.45, 2.75) is 16.3 Å². The number of likely N-dealkylation sites (N-methyl/N-ethyl adjacent to an activating group) is 2. The molecule has 0 aromatic heterocycles. The average Bonchev–Trinajstić information content (AvgIpc) is 2.62. The van der Waals surface area contributed by atoms with Crippen LogP contribution in [0.3, 0.4) is 0 Å². The molecular formula is C22H28Cl2N2S. The molecule has 146 valence electrons. The zero-order chi connectivity index (χ0) is 17.6. The summed E-state index contributed by atoms with van der Waals surface area (Å²) in [5.41, 5.74) is 1.39. The molecule has 0 amide bonds. The van der Waals surface area contributed by atoms with Gasteiger partial charge in [0.1, 0.15) is 0 Å². The van der Waals surface area contributed by atoms with Crippen molar-refractivity contribution in [3.8, 4) is 0 Å². The van der Waals surface area contributed by atoms with Crippen LogP contribution in [-0.4, -0.2) is 44.0 Å². The summed E-state index contributed by atoms with van der Waals surface area (Å²) in [6, 6.07) is 23.9. The van der Waals surface area contributed by atoms with Crippen LogP contribution in [0.25, 0.3) is 10.8 Å². The lowest BCUT2D eigenvalue weighted by Gasteiger charge is -2.21. The quantitative estimate of drug-likeness (QED) is 0.472. The Morgan fingerprint density at radius 2 is 1.33 bits per heavy atom. The van der Waals surface area contributed by atoms with E-state index in [-0.39, 0.29) is 24.8 Å². The standard InChI is InChI=1S/C22H26N2S.2ClH/c1-23(2)15-16-24(3)17-19-10-5-7-13-21(19)25-22-14-8-11-18-9-4-6-12-20(18)22;;/h4-14H,15-17H2,1-3H3;2*1H. The van der Waals surface area contributed by atoms with Crippen LogP contribution in [0.1, 0.15) is 5.56 Å². The van der Waals surface area contributed by atoms with E-state index in [1.165, 1.54) is 26.1 Å². The number of hydrogen-bond acceptors (Lipinski definition) is 3. The van der Waals surface area contributed by atoms with Crippen molar-refractivity contribution in [3.63, 3.8) is 0 Å². The van der Waals surface area contributed by atoms with Gasteiger partial charge in [-0.1, -0.05) is 66.4 Å². The Bertz CT molecular complexity index is 834. The second-order valence-corrected chi connectivity index (χ2v) is 7.81. The molecule has 3 aromatic rings. The molecular weight excluding hydrogens is 395 g/mol. The number of halogens is 2. The van der Waals surface area contributed by atoms with E-state index in [0.717, 1.165) is 19.6 Å². The van der Waals surface area contributed by atoms with Crippen LogP contribution in [-0.2, 0) is 6.54 Å². The van der Waals surface area contributed by atoms with Crippen molar-refractivity contribution in [1.82, 2.24) is 9.80 Å². The van der Waals surface area contributed by atoms with E-state index < -0.39 is 0 Å². The third-order valence-corrected chi connectivity index (χ3v) is 5.51. The van der Waals surface area contributed by atoms with Crippen molar-refractivity contribution in [3.05, 3.63) is 72.3 Å². The van der Waals surface area contributed by atoms with E-state index >= 15 is 0 Å². The Labute approximate surface area is 179 Å². The zero-order valence-corrected chi connectivity index (χ0v) is 18.5. The Kier molecular flexibility index (Phi) is 10.2. The number of benzene rings is 3. The number of nitrogens with zero attached hydrogens (tertiary/aromatic N) is 2. The smallest absolute Gasteiger partial charge is 0.0242 e. The van der Waals surface area contributed by atoms with E-state index in [4.69, 9.17) is 0 Å². The minimum atomic E-state index is 0. The molecule has 0 unspecified atom stereocenters. The van der Waals surface area contributed by atoms with E-state index in [2.05, 4.69) is 97.7 Å². The lowest BCUT2D eigenvalue weighted by Crippen LogP contribution is -2.28. The van der Waals surface area contributed by atoms with Crippen molar-refractivity contribution in [2.75, 3.05) is 34.2 Å². The van der Waals surface area contributed by atoms with Gasteiger partial charge in [0.05, 0.1) is 0 Å². The van der Waals surface area contributed by atoms with Crippen LogP contribution in [0.4, 0.5) is 0 Å². The van der Waals surface area contributed by atoms with Crippen molar-refractivity contribution < 1.29 is 0 Å². The minimum Gasteiger partial charge on any atom is -0.308 e. The molecule has 0 aliphatic heterocycles. The second-order valence-electron chi connectivity index (χ2n) is 6.73. The molecule has 0 bridgehead atoms. The van der Waals surface area contributed by atoms with Crippen molar-refractivity contribution >= 4 is 47.3 Å². The van der Waals surface area contributed by atoms with Gasteiger partial charge < -0.3 is 9.80 Å². The molecule has 3 rings (SSSR count). The van der Waals surface area contributed by atoms with Gasteiger partial charge in [0, 0.05) is 29.4 Å². The van der Waals surface area contributed by atoms with Gasteiger partial charge in [0.15, 0.2) is 0 Å². The number of rotatable bonds is 7. The lowest BCUT2D eigenvalue weighted by molar-refractivity contribution is 0.275. The summed E-state index contributed by atoms with van der Waals surface area (Å²) in [6.07, 6.45) is 0. The van der Waals surface area contributed by atoms with Crippen LogP contribution < -0.4 is 0 Å². The summed E-state index contributed by atoms with van der Waals surface area (Å²) in [7, 11) is 6.44. The molecule has 0 saturated carbocycles. The summed E-state index contributed by atoms with van der Waals surface area (Å²) < 4.78 is 0. The summed E-state index contributed by atoms with van der Waals surface area (Å²) >= 11 is 1.87. The summed E-state index contributed by atoms with van der Waals surface area (Å²) in [5, 5.41) is 2.62. The van der Waals surface area contributed by atoms with Crippen molar-refractivity contribution in [1.29, 1.82) is 0 Å². The first kappa shape index (κ1) is 23.8. The first-order valence-electron chi connectivity index (χ1n) is 8.70. The molecule has 0 aliphatic carbocycles. The van der Waals surface area contributed by atoms with Gasteiger partial charge >= 0.3 is 0 Å². The molecule has 3 aromatic carbocycles. The molecule has 2 nitrogen and oxygen atoms in total. The Hall–Kier alpha value is -1.23. The molecule has 0 atom stereocenters. The Morgan fingerprint density at radius 3 is 2.11 bits per heavy atom. The fourth-order valence-electron chi connectivity index (χ4n) is 2.88. The highest BCUT2D eigenvalue weighted by atomic mass is 35.5. The van der Waals surface area contributed by atoms with Crippen LogP contribution >= 0.6 is 36.6 Å². The van der Waals surface area contributed by atoms with Crippen LogP contribution in [0.2, 0.25) is 0 Å².